The Morgan fingerprint density at radius 1 is 0.824 bits per heavy atom. The number of amides is 2. The van der Waals surface area contributed by atoms with Gasteiger partial charge in [0.05, 0.1) is 25.7 Å². The van der Waals surface area contributed by atoms with Crippen LogP contribution in [0.25, 0.3) is 0 Å². The number of unbranched alkanes of at least 4 members (excludes halogenated alkanes) is 2. The standard InChI is InChI=1S/C25H30N2O7/c1-3-4-5-15-33-25(31)18-9-11-19(12-10-18)26-22(28)13-14-24(30)34-17-23(29)27-20-7-6-8-21(16-20)32-2/h6-12,16H,3-5,13-15,17H2,1-2H3,(H,26,28)(H,27,29). The third kappa shape index (κ3) is 9.72. The third-order valence-electron chi connectivity index (χ3n) is 4.66. The first-order chi connectivity index (χ1) is 16.4. The van der Waals surface area contributed by atoms with Gasteiger partial charge in [-0.15, -0.1) is 0 Å². The van der Waals surface area contributed by atoms with E-state index in [0.717, 1.165) is 19.3 Å². The lowest BCUT2D eigenvalue weighted by atomic mass is 10.2. The van der Waals surface area contributed by atoms with Crippen molar-refractivity contribution in [1.29, 1.82) is 0 Å². The van der Waals surface area contributed by atoms with E-state index in [1.807, 2.05) is 0 Å². The predicted molar refractivity (Wildman–Crippen MR) is 127 cm³/mol. The molecule has 0 unspecified atom stereocenters. The Morgan fingerprint density at radius 3 is 2.26 bits per heavy atom. The molecule has 0 radical (unpaired) electrons. The quantitative estimate of drug-likeness (QED) is 0.336. The summed E-state index contributed by atoms with van der Waals surface area (Å²) in [5.74, 6) is -1.40. The van der Waals surface area contributed by atoms with E-state index in [4.69, 9.17) is 14.2 Å². The molecule has 182 valence electrons. The maximum atomic E-state index is 12.1. The Labute approximate surface area is 198 Å². The highest BCUT2D eigenvalue weighted by molar-refractivity contribution is 5.95. The molecule has 0 saturated carbocycles. The minimum atomic E-state index is -0.669. The van der Waals surface area contributed by atoms with Crippen LogP contribution in [0.15, 0.2) is 48.5 Å². The zero-order valence-corrected chi connectivity index (χ0v) is 19.4. The van der Waals surface area contributed by atoms with E-state index in [9.17, 15) is 19.2 Å². The van der Waals surface area contributed by atoms with E-state index in [1.165, 1.54) is 7.11 Å². The van der Waals surface area contributed by atoms with Gasteiger partial charge in [0.1, 0.15) is 5.75 Å². The van der Waals surface area contributed by atoms with Crippen molar-refractivity contribution in [3.8, 4) is 5.75 Å². The lowest BCUT2D eigenvalue weighted by Gasteiger charge is -2.08. The summed E-state index contributed by atoms with van der Waals surface area (Å²) in [4.78, 5) is 47.8. The van der Waals surface area contributed by atoms with Gasteiger partial charge in [-0.3, -0.25) is 14.4 Å². The average molecular weight is 471 g/mol. The first-order valence-corrected chi connectivity index (χ1v) is 11.1. The number of benzene rings is 2. The van der Waals surface area contributed by atoms with Gasteiger partial charge in [0.25, 0.3) is 5.91 Å². The topological polar surface area (TPSA) is 120 Å². The van der Waals surface area contributed by atoms with E-state index in [2.05, 4.69) is 17.6 Å². The van der Waals surface area contributed by atoms with Crippen LogP contribution in [0.5, 0.6) is 5.75 Å². The van der Waals surface area contributed by atoms with Crippen molar-refractivity contribution < 1.29 is 33.4 Å². The molecular formula is C25H30N2O7. The number of anilines is 2. The highest BCUT2D eigenvalue weighted by Gasteiger charge is 2.12. The molecule has 0 fully saturated rings. The molecule has 2 amide bonds. The molecule has 34 heavy (non-hydrogen) atoms. The number of ether oxygens (including phenoxy) is 3. The fraction of sp³-hybridized carbons (Fsp3) is 0.360. The molecular weight excluding hydrogens is 440 g/mol. The molecule has 0 atom stereocenters. The first kappa shape index (κ1) is 26.4. The zero-order chi connectivity index (χ0) is 24.8. The lowest BCUT2D eigenvalue weighted by Crippen LogP contribution is -2.21. The summed E-state index contributed by atoms with van der Waals surface area (Å²) in [6, 6.07) is 13.1. The van der Waals surface area contributed by atoms with Crippen molar-refractivity contribution in [1.82, 2.24) is 0 Å². The van der Waals surface area contributed by atoms with Crippen LogP contribution in [0.3, 0.4) is 0 Å². The summed E-state index contributed by atoms with van der Waals surface area (Å²) < 4.78 is 15.2. The van der Waals surface area contributed by atoms with Crippen molar-refractivity contribution >= 4 is 35.1 Å². The number of hydrogen-bond donors (Lipinski definition) is 2. The molecule has 2 aromatic rings. The number of esters is 2. The van der Waals surface area contributed by atoms with E-state index in [-0.39, 0.29) is 12.8 Å². The lowest BCUT2D eigenvalue weighted by molar-refractivity contribution is -0.147. The third-order valence-corrected chi connectivity index (χ3v) is 4.66. The Balaban J connectivity index is 1.67. The molecule has 0 aliphatic heterocycles. The first-order valence-electron chi connectivity index (χ1n) is 11.1. The van der Waals surface area contributed by atoms with Crippen LogP contribution < -0.4 is 15.4 Å². The minimum Gasteiger partial charge on any atom is -0.497 e. The van der Waals surface area contributed by atoms with Crippen molar-refractivity contribution in [2.45, 2.75) is 39.0 Å². The summed E-state index contributed by atoms with van der Waals surface area (Å²) in [5, 5.41) is 5.23. The van der Waals surface area contributed by atoms with Gasteiger partial charge in [-0.05, 0) is 42.8 Å². The fourth-order valence-corrected chi connectivity index (χ4v) is 2.85. The van der Waals surface area contributed by atoms with Gasteiger partial charge in [-0.1, -0.05) is 25.8 Å². The fourth-order valence-electron chi connectivity index (χ4n) is 2.85. The Hall–Kier alpha value is -3.88. The Bertz CT molecular complexity index is 973. The highest BCUT2D eigenvalue weighted by atomic mass is 16.5. The van der Waals surface area contributed by atoms with Gasteiger partial charge >= 0.3 is 11.9 Å². The molecule has 2 rings (SSSR count). The molecule has 0 aliphatic rings. The van der Waals surface area contributed by atoms with E-state index < -0.39 is 30.4 Å². The Morgan fingerprint density at radius 2 is 1.56 bits per heavy atom. The molecule has 0 aliphatic carbocycles. The summed E-state index contributed by atoms with van der Waals surface area (Å²) in [5.41, 5.74) is 1.39. The number of carbonyl (C=O) groups is 4. The van der Waals surface area contributed by atoms with Crippen molar-refractivity contribution in [2.24, 2.45) is 0 Å². The maximum absolute atomic E-state index is 12.1. The number of carbonyl (C=O) groups excluding carboxylic acids is 4. The maximum Gasteiger partial charge on any atom is 0.338 e. The molecule has 2 aromatic carbocycles. The summed E-state index contributed by atoms with van der Waals surface area (Å²) >= 11 is 0. The zero-order valence-electron chi connectivity index (χ0n) is 19.4. The highest BCUT2D eigenvalue weighted by Crippen LogP contribution is 2.16. The second kappa shape index (κ2) is 14.3. The van der Waals surface area contributed by atoms with Crippen LogP contribution in [-0.4, -0.2) is 44.1 Å². The second-order valence-corrected chi connectivity index (χ2v) is 7.41. The molecule has 0 heterocycles. The molecule has 0 saturated heterocycles. The van der Waals surface area contributed by atoms with Crippen LogP contribution in [0.2, 0.25) is 0 Å². The largest absolute Gasteiger partial charge is 0.497 e. The average Bonchev–Trinajstić information content (AvgIpc) is 2.84. The number of rotatable bonds is 13. The van der Waals surface area contributed by atoms with E-state index in [0.29, 0.717) is 29.3 Å². The number of hydrogen-bond acceptors (Lipinski definition) is 7. The van der Waals surface area contributed by atoms with Gasteiger partial charge in [-0.2, -0.15) is 0 Å². The summed E-state index contributed by atoms with van der Waals surface area (Å²) in [7, 11) is 1.51. The van der Waals surface area contributed by atoms with Crippen LogP contribution in [0.1, 0.15) is 49.4 Å². The van der Waals surface area contributed by atoms with Crippen LogP contribution in [0.4, 0.5) is 11.4 Å². The van der Waals surface area contributed by atoms with Gasteiger partial charge < -0.3 is 24.8 Å². The van der Waals surface area contributed by atoms with Gasteiger partial charge in [-0.25, -0.2) is 4.79 Å². The predicted octanol–water partition coefficient (Wildman–Crippen LogP) is 3.94. The summed E-state index contributed by atoms with van der Waals surface area (Å²) in [6.45, 7) is 1.99. The van der Waals surface area contributed by atoms with Gasteiger partial charge in [0, 0.05) is 23.9 Å². The van der Waals surface area contributed by atoms with Crippen LogP contribution >= 0.6 is 0 Å². The Kier molecular flexibility index (Phi) is 11.1. The number of methoxy groups -OCH3 is 1. The van der Waals surface area contributed by atoms with Crippen LogP contribution in [-0.2, 0) is 23.9 Å². The molecule has 9 heteroatoms. The number of nitrogens with one attached hydrogen (secondary N) is 2. The van der Waals surface area contributed by atoms with E-state index >= 15 is 0 Å². The molecule has 0 aromatic heterocycles. The van der Waals surface area contributed by atoms with Crippen molar-refractivity contribution in [3.05, 3.63) is 54.1 Å². The molecule has 0 bridgehead atoms. The smallest absolute Gasteiger partial charge is 0.338 e. The SMILES string of the molecule is CCCCCOC(=O)c1ccc(NC(=O)CCC(=O)OCC(=O)Nc2cccc(OC)c2)cc1. The molecule has 0 spiro atoms. The van der Waals surface area contributed by atoms with E-state index in [1.54, 1.807) is 48.5 Å². The second-order valence-electron chi connectivity index (χ2n) is 7.41. The minimum absolute atomic E-state index is 0.114. The summed E-state index contributed by atoms with van der Waals surface area (Å²) in [6.07, 6.45) is 2.58. The molecule has 2 N–H and O–H groups in total. The molecule has 9 nitrogen and oxygen atoms in total. The van der Waals surface area contributed by atoms with Gasteiger partial charge in [0.2, 0.25) is 5.91 Å². The monoisotopic (exact) mass is 470 g/mol. The van der Waals surface area contributed by atoms with Crippen molar-refractivity contribution in [3.63, 3.8) is 0 Å². The van der Waals surface area contributed by atoms with Gasteiger partial charge in [0.15, 0.2) is 6.61 Å². The normalized spacial score (nSPS) is 10.2. The van der Waals surface area contributed by atoms with Crippen LogP contribution in [0, 0.1) is 0 Å². The van der Waals surface area contributed by atoms with Crippen molar-refractivity contribution in [2.75, 3.05) is 31.0 Å².